The first kappa shape index (κ1) is 30.7. The normalized spacial score (nSPS) is 12.3. The average molecular weight is 645 g/mol. The molecule has 0 bridgehead atoms. The topological polar surface area (TPSA) is 88.5 Å². The maximum Gasteiger partial charge on any atom is 0.416 e. The van der Waals surface area contributed by atoms with Crippen LogP contribution in [0.2, 0.25) is 0 Å². The summed E-state index contributed by atoms with van der Waals surface area (Å²) in [5.41, 5.74) is 2.06. The minimum absolute atomic E-state index is 0.0175. The zero-order valence-electron chi connectivity index (χ0n) is 23.8. The van der Waals surface area contributed by atoms with E-state index >= 15 is 0 Å². The minimum atomic E-state index is -4.53. The van der Waals surface area contributed by atoms with Crippen LogP contribution in [0.5, 0.6) is 5.75 Å². The van der Waals surface area contributed by atoms with Gasteiger partial charge in [0.1, 0.15) is 29.2 Å². The van der Waals surface area contributed by atoms with E-state index in [4.69, 9.17) is 4.74 Å². The molecule has 1 heterocycles. The van der Waals surface area contributed by atoms with Crippen LogP contribution in [0.3, 0.4) is 0 Å². The van der Waals surface area contributed by atoms with Gasteiger partial charge >= 0.3 is 12.1 Å². The maximum absolute atomic E-state index is 14.0. The van der Waals surface area contributed by atoms with Gasteiger partial charge in [0.15, 0.2) is 0 Å². The number of rotatable bonds is 9. The monoisotopic (exact) mass is 644 g/mol. The van der Waals surface area contributed by atoms with Crippen molar-refractivity contribution in [1.82, 2.24) is 10.3 Å². The third-order valence-electron chi connectivity index (χ3n) is 7.38. The fourth-order valence-electron chi connectivity index (χ4n) is 5.00. The van der Waals surface area contributed by atoms with E-state index in [2.05, 4.69) is 10.3 Å². The number of thiazole rings is 1. The van der Waals surface area contributed by atoms with Crippen LogP contribution in [0.25, 0.3) is 31.6 Å². The lowest BCUT2D eigenvalue weighted by molar-refractivity contribution is -0.139. The molecule has 0 saturated carbocycles. The second kappa shape index (κ2) is 12.6. The van der Waals surface area contributed by atoms with E-state index in [1.165, 1.54) is 42.5 Å². The molecule has 1 aromatic heterocycles. The highest BCUT2D eigenvalue weighted by Crippen LogP contribution is 2.33. The van der Waals surface area contributed by atoms with Gasteiger partial charge in [0.25, 0.3) is 5.91 Å². The van der Waals surface area contributed by atoms with Crippen LogP contribution in [-0.4, -0.2) is 28.0 Å². The van der Waals surface area contributed by atoms with Crippen LogP contribution in [0.4, 0.5) is 17.6 Å². The Kier molecular flexibility index (Phi) is 8.42. The molecule has 46 heavy (non-hydrogen) atoms. The number of aliphatic carboxylic acids is 1. The number of hydrogen-bond acceptors (Lipinski definition) is 5. The van der Waals surface area contributed by atoms with Crippen LogP contribution in [0.15, 0.2) is 103 Å². The average Bonchev–Trinajstić information content (AvgIpc) is 3.47. The number of nitrogens with zero attached hydrogens (tertiary/aromatic N) is 1. The summed E-state index contributed by atoms with van der Waals surface area (Å²) in [4.78, 5) is 30.2. The van der Waals surface area contributed by atoms with Gasteiger partial charge in [0.2, 0.25) is 0 Å². The summed E-state index contributed by atoms with van der Waals surface area (Å²) in [6.45, 7) is 0.0464. The molecule has 6 nitrogen and oxygen atoms in total. The lowest BCUT2D eigenvalue weighted by Gasteiger charge is -2.18. The molecule has 0 aliphatic heterocycles. The number of nitrogens with one attached hydrogen (secondary N) is 1. The van der Waals surface area contributed by atoms with Crippen molar-refractivity contribution in [3.8, 4) is 16.3 Å². The van der Waals surface area contributed by atoms with Crippen LogP contribution in [0, 0.1) is 5.82 Å². The number of para-hydroxylation sites is 1. The quantitative estimate of drug-likeness (QED) is 0.155. The summed E-state index contributed by atoms with van der Waals surface area (Å²) in [5.74, 6) is -2.49. The fraction of sp³-hybridized carbons (Fsp3) is 0.114. The summed E-state index contributed by atoms with van der Waals surface area (Å²) < 4.78 is 60.1. The Bertz CT molecular complexity index is 2030. The Labute approximate surface area is 263 Å². The summed E-state index contributed by atoms with van der Waals surface area (Å²) in [6.07, 6.45) is -4.79. The molecule has 0 aliphatic carbocycles. The molecule has 5 aromatic carbocycles. The van der Waals surface area contributed by atoms with Gasteiger partial charge in [-0.2, -0.15) is 13.2 Å². The van der Waals surface area contributed by atoms with Gasteiger partial charge < -0.3 is 15.2 Å². The fourth-order valence-corrected chi connectivity index (χ4v) is 5.97. The third-order valence-corrected chi connectivity index (χ3v) is 8.46. The van der Waals surface area contributed by atoms with Crippen molar-refractivity contribution >= 4 is 44.2 Å². The van der Waals surface area contributed by atoms with E-state index in [9.17, 15) is 32.3 Å². The Balaban J connectivity index is 1.23. The molecular formula is C35H24F4N2O4S. The van der Waals surface area contributed by atoms with Crippen molar-refractivity contribution in [2.45, 2.75) is 25.2 Å². The Morgan fingerprint density at radius 1 is 0.891 bits per heavy atom. The second-order valence-electron chi connectivity index (χ2n) is 10.5. The number of aromatic nitrogens is 1. The highest BCUT2D eigenvalue weighted by atomic mass is 32.1. The van der Waals surface area contributed by atoms with Gasteiger partial charge in [-0.1, -0.05) is 54.6 Å². The van der Waals surface area contributed by atoms with E-state index in [1.54, 1.807) is 11.3 Å². The molecule has 0 saturated heterocycles. The van der Waals surface area contributed by atoms with E-state index in [0.717, 1.165) is 38.5 Å². The minimum Gasteiger partial charge on any atom is -0.487 e. The van der Waals surface area contributed by atoms with Crippen LogP contribution >= 0.6 is 11.3 Å². The van der Waals surface area contributed by atoms with Crippen LogP contribution in [-0.2, 0) is 24.0 Å². The van der Waals surface area contributed by atoms with Gasteiger partial charge in [0.05, 0.1) is 21.3 Å². The number of hydrogen-bond donors (Lipinski definition) is 2. The maximum atomic E-state index is 14.0. The van der Waals surface area contributed by atoms with Gasteiger partial charge in [0, 0.05) is 17.4 Å². The van der Waals surface area contributed by atoms with Crippen molar-refractivity contribution in [1.29, 1.82) is 0 Å². The number of halogens is 4. The molecule has 1 amide bonds. The zero-order chi connectivity index (χ0) is 32.4. The number of benzene rings is 5. The van der Waals surface area contributed by atoms with E-state index in [0.29, 0.717) is 16.3 Å². The highest BCUT2D eigenvalue weighted by Gasteiger charge is 2.30. The number of carboxylic acids is 1. The first-order valence-corrected chi connectivity index (χ1v) is 14.9. The van der Waals surface area contributed by atoms with Crippen molar-refractivity contribution < 1.29 is 37.0 Å². The number of carboxylic acid groups (broad SMARTS) is 1. The molecule has 11 heteroatoms. The largest absolute Gasteiger partial charge is 0.487 e. The first-order chi connectivity index (χ1) is 22.0. The van der Waals surface area contributed by atoms with Crippen LogP contribution < -0.4 is 10.1 Å². The summed E-state index contributed by atoms with van der Waals surface area (Å²) in [7, 11) is 0. The molecule has 6 aromatic rings. The summed E-state index contributed by atoms with van der Waals surface area (Å²) in [6, 6.07) is 25.0. The Morgan fingerprint density at radius 3 is 2.30 bits per heavy atom. The van der Waals surface area contributed by atoms with Gasteiger partial charge in [-0.05, 0) is 65.0 Å². The predicted octanol–water partition coefficient (Wildman–Crippen LogP) is 8.28. The van der Waals surface area contributed by atoms with E-state index in [-0.39, 0.29) is 24.3 Å². The van der Waals surface area contributed by atoms with Gasteiger partial charge in [-0.3, -0.25) is 4.79 Å². The van der Waals surface area contributed by atoms with Gasteiger partial charge in [-0.25, -0.2) is 14.2 Å². The smallest absolute Gasteiger partial charge is 0.416 e. The molecule has 232 valence electrons. The summed E-state index contributed by atoms with van der Waals surface area (Å²) >= 11 is 1.58. The predicted molar refractivity (Wildman–Crippen MR) is 167 cm³/mol. The molecule has 2 N–H and O–H groups in total. The van der Waals surface area contributed by atoms with Gasteiger partial charge in [-0.15, -0.1) is 11.3 Å². The molecule has 0 unspecified atom stereocenters. The number of alkyl halides is 3. The first-order valence-electron chi connectivity index (χ1n) is 14.0. The lowest BCUT2D eigenvalue weighted by atomic mass is 10.0. The number of fused-ring (bicyclic) bond motifs is 2. The zero-order valence-corrected chi connectivity index (χ0v) is 24.7. The second-order valence-corrected chi connectivity index (χ2v) is 11.6. The van der Waals surface area contributed by atoms with Crippen molar-refractivity contribution in [3.05, 3.63) is 131 Å². The van der Waals surface area contributed by atoms with Crippen LogP contribution in [0.1, 0.15) is 27.0 Å². The van der Waals surface area contributed by atoms with Crippen molar-refractivity contribution in [3.63, 3.8) is 0 Å². The standard InChI is InChI=1S/C35H24F4N2O4S/c36-25-14-16-26-23(18-25)11-15-27(32(42)40-29(34(43)44)17-20-7-12-24(13-8-20)35(37,38)39)31(26)45-19-21-5-9-22(10-6-21)33-41-28-3-1-2-4-30(28)46-33/h1-16,18,29H,17,19H2,(H,40,42)(H,43,44)/t29-/m0/s1. The molecule has 0 radical (unpaired) electrons. The van der Waals surface area contributed by atoms with E-state index in [1.807, 2.05) is 48.5 Å². The highest BCUT2D eigenvalue weighted by molar-refractivity contribution is 7.21. The Morgan fingerprint density at radius 2 is 1.61 bits per heavy atom. The number of ether oxygens (including phenoxy) is 1. The Hall–Kier alpha value is -5.29. The number of carbonyl (C=O) groups is 2. The molecule has 6 rings (SSSR count). The molecule has 0 spiro atoms. The SMILES string of the molecule is O=C(N[C@@H](Cc1ccc(C(F)(F)F)cc1)C(=O)O)c1ccc2cc(F)ccc2c1OCc1ccc(-c2nc3ccccc3s2)cc1. The number of amides is 1. The van der Waals surface area contributed by atoms with E-state index < -0.39 is 35.5 Å². The third kappa shape index (κ3) is 6.69. The number of carbonyl (C=O) groups excluding carboxylic acids is 1. The molecular weight excluding hydrogens is 620 g/mol. The molecule has 0 fully saturated rings. The lowest BCUT2D eigenvalue weighted by Crippen LogP contribution is -2.42. The molecule has 1 atom stereocenters. The summed E-state index contributed by atoms with van der Waals surface area (Å²) in [5, 5.41) is 14.0. The van der Waals surface area contributed by atoms with Crippen molar-refractivity contribution in [2.75, 3.05) is 0 Å². The molecule has 0 aliphatic rings. The van der Waals surface area contributed by atoms with Crippen molar-refractivity contribution in [2.24, 2.45) is 0 Å².